The molecule has 0 saturated carbocycles. The van der Waals surface area contributed by atoms with Gasteiger partial charge in [0.25, 0.3) is 0 Å². The molecule has 1 aromatic carbocycles. The van der Waals surface area contributed by atoms with Crippen LogP contribution in [0.2, 0.25) is 0 Å². The third-order valence-corrected chi connectivity index (χ3v) is 10.3. The molecule has 1 aromatic rings. The van der Waals surface area contributed by atoms with Gasteiger partial charge < -0.3 is 0 Å². The molecular formula is C12Br18. The number of rotatable bonds is 0. The predicted octanol–water partition coefficient (Wildman–Crippen LogP) is 15.5. The van der Waals surface area contributed by atoms with Crippen LogP contribution in [0.1, 0.15) is 33.4 Å². The average Bonchev–Trinajstić information content (AvgIpc) is 2.37. The normalized spacial score (nSPS) is 15.0. The Bertz CT molecular complexity index is 605. The summed E-state index contributed by atoms with van der Waals surface area (Å²) in [4.78, 5) is 0. The van der Waals surface area contributed by atoms with E-state index < -0.39 is 12.9 Å². The second-order valence-corrected chi connectivity index (χ2v) is 45.8. The largest absolute Gasteiger partial charge is 0.160 e. The van der Waals surface area contributed by atoms with Gasteiger partial charge in [-0.05, 0) is 0 Å². The third kappa shape index (κ3) is 9.46. The fourth-order valence-corrected chi connectivity index (χ4v) is 9.59. The zero-order valence-corrected chi connectivity index (χ0v) is 41.4. The van der Waals surface area contributed by atoms with Crippen LogP contribution in [0.15, 0.2) is 0 Å². The Hall–Kier alpha value is 7.86. The maximum atomic E-state index is 3.73. The molecule has 0 saturated heterocycles. The number of hydrogen-bond donors (Lipinski definition) is 0. The SMILES string of the molecule is BrC(Br)(Br)c1c(C(Br)(Br)Br)c(C(Br)(Br)Br)c(C(Br)(Br)Br)c(C(Br)(Br)Br)c1C(Br)(Br)Br. The average molecular weight is 1580 g/mol. The lowest BCUT2D eigenvalue weighted by Gasteiger charge is -2.40. The molecule has 0 aromatic heterocycles. The van der Waals surface area contributed by atoms with Crippen LogP contribution in [0.25, 0.3) is 0 Å². The Kier molecular flexibility index (Phi) is 14.8. The summed E-state index contributed by atoms with van der Waals surface area (Å²) in [6.45, 7) is 0. The minimum absolute atomic E-state index is 0.815. The summed E-state index contributed by atoms with van der Waals surface area (Å²) in [7, 11) is 0. The molecule has 1 rings (SSSR count). The van der Waals surface area contributed by atoms with Crippen molar-refractivity contribution < 1.29 is 0 Å². The molecule has 18 heteroatoms. The quantitative estimate of drug-likeness (QED) is 0.227. The monoisotopic (exact) mass is 1560 g/mol. The molecule has 0 N–H and O–H groups in total. The van der Waals surface area contributed by atoms with E-state index in [2.05, 4.69) is 287 Å². The zero-order chi connectivity index (χ0) is 24.5. The highest BCUT2D eigenvalue weighted by Gasteiger charge is 2.52. The summed E-state index contributed by atoms with van der Waals surface area (Å²) in [5.41, 5.74) is 4.89. The molecule has 0 bridgehead atoms. The van der Waals surface area contributed by atoms with Crippen LogP contribution in [0.5, 0.6) is 0 Å². The van der Waals surface area contributed by atoms with Gasteiger partial charge in [-0.2, -0.15) is 0 Å². The van der Waals surface area contributed by atoms with Gasteiger partial charge in [0.15, 0.2) is 12.9 Å². The molecule has 0 atom stereocenters. The van der Waals surface area contributed by atoms with E-state index in [0.717, 1.165) is 33.4 Å². The summed E-state index contributed by atoms with van der Waals surface area (Å²) in [5.74, 6) is 0. The van der Waals surface area contributed by atoms with E-state index in [1.165, 1.54) is 0 Å². The Labute approximate surface area is 325 Å². The van der Waals surface area contributed by atoms with Crippen molar-refractivity contribution in [1.29, 1.82) is 0 Å². The van der Waals surface area contributed by atoms with Gasteiger partial charge in [0.2, 0.25) is 0 Å². The predicted molar refractivity (Wildman–Crippen MR) is 197 cm³/mol. The Morgan fingerprint density at radius 2 is 0.267 bits per heavy atom. The second-order valence-electron chi connectivity index (χ2n) is 5.24. The lowest BCUT2D eigenvalue weighted by molar-refractivity contribution is 1.02. The van der Waals surface area contributed by atoms with Crippen LogP contribution in [0.4, 0.5) is 0 Å². The van der Waals surface area contributed by atoms with Gasteiger partial charge in [-0.25, -0.2) is 0 Å². The third-order valence-electron chi connectivity index (χ3n) is 3.20. The summed E-state index contributed by atoms with van der Waals surface area (Å²) in [6, 6.07) is 0. The highest BCUT2D eigenvalue weighted by molar-refractivity contribution is 9.41. The number of alkyl halides is 18. The van der Waals surface area contributed by atoms with Crippen LogP contribution in [-0.2, 0) is 12.9 Å². The molecule has 0 aliphatic carbocycles. The molecule has 0 amide bonds. The van der Waals surface area contributed by atoms with Gasteiger partial charge in [-0.3, -0.25) is 0 Å². The summed E-state index contributed by atoms with van der Waals surface area (Å²) >= 11 is 67.2. The van der Waals surface area contributed by atoms with Gasteiger partial charge in [-0.15, -0.1) is 0 Å². The molecule has 0 heterocycles. The minimum Gasteiger partial charge on any atom is -0.0545 e. The maximum absolute atomic E-state index is 3.73. The second kappa shape index (κ2) is 12.4. The lowest BCUT2D eigenvalue weighted by atomic mass is 9.90. The number of hydrogen-bond acceptors (Lipinski definition) is 0. The molecule has 174 valence electrons. The van der Waals surface area contributed by atoms with Gasteiger partial charge in [-0.1, -0.05) is 287 Å². The van der Waals surface area contributed by atoms with E-state index in [0.29, 0.717) is 0 Å². The van der Waals surface area contributed by atoms with Crippen molar-refractivity contribution >= 4 is 287 Å². The first-order valence-corrected chi connectivity index (χ1v) is 20.7. The van der Waals surface area contributed by atoms with Gasteiger partial charge in [0, 0.05) is 33.4 Å². The molecule has 0 aliphatic rings. The van der Waals surface area contributed by atoms with Gasteiger partial charge >= 0.3 is 0 Å². The zero-order valence-electron chi connectivity index (χ0n) is 12.8. The van der Waals surface area contributed by atoms with Crippen molar-refractivity contribution in [3.63, 3.8) is 0 Å². The fourth-order valence-electron chi connectivity index (χ4n) is 2.45. The highest BCUT2D eigenvalue weighted by Crippen LogP contribution is 2.69. The van der Waals surface area contributed by atoms with Crippen molar-refractivity contribution in [3.8, 4) is 0 Å². The number of halogens is 18. The van der Waals surface area contributed by atoms with Crippen molar-refractivity contribution in [2.75, 3.05) is 0 Å². The maximum Gasteiger partial charge on any atom is 0.160 e. The molecule has 0 spiro atoms. The van der Waals surface area contributed by atoms with Crippen molar-refractivity contribution in [3.05, 3.63) is 33.4 Å². The first kappa shape index (κ1) is 35.9. The van der Waals surface area contributed by atoms with E-state index in [1.807, 2.05) is 0 Å². The molecule has 0 nitrogen and oxygen atoms in total. The first-order valence-electron chi connectivity index (χ1n) is 6.40. The van der Waals surface area contributed by atoms with E-state index in [4.69, 9.17) is 0 Å². The van der Waals surface area contributed by atoms with Gasteiger partial charge in [0.1, 0.15) is 0 Å². The summed E-state index contributed by atoms with van der Waals surface area (Å²) in [6.07, 6.45) is 0. The van der Waals surface area contributed by atoms with E-state index in [1.54, 1.807) is 0 Å². The highest BCUT2D eigenvalue weighted by atomic mass is 80.0. The standard InChI is InChI=1S/C12Br18/c13-7(14,15)1-2(8(16,17)18)4(10(22,23)24)6(12(28,29)30)5(11(25,26)27)3(1)9(19,20)21. The molecule has 0 fully saturated rings. The molecule has 0 aliphatic heterocycles. The molecule has 30 heavy (non-hydrogen) atoms. The fraction of sp³-hybridized carbons (Fsp3) is 0.500. The van der Waals surface area contributed by atoms with E-state index >= 15 is 0 Å². The minimum atomic E-state index is -0.842. The topological polar surface area (TPSA) is 0 Å². The number of benzene rings is 1. The van der Waals surface area contributed by atoms with Crippen molar-refractivity contribution in [2.45, 2.75) is 12.9 Å². The Balaban J connectivity index is 4.87. The van der Waals surface area contributed by atoms with E-state index in [9.17, 15) is 0 Å². The van der Waals surface area contributed by atoms with E-state index in [-0.39, 0.29) is 0 Å². The van der Waals surface area contributed by atoms with Gasteiger partial charge in [0.05, 0.1) is 0 Å². The van der Waals surface area contributed by atoms with Crippen molar-refractivity contribution in [1.82, 2.24) is 0 Å². The van der Waals surface area contributed by atoms with Crippen LogP contribution in [0.3, 0.4) is 0 Å². The smallest absolute Gasteiger partial charge is 0.0545 e. The van der Waals surface area contributed by atoms with Crippen LogP contribution >= 0.6 is 287 Å². The Morgan fingerprint density at radius 1 is 0.200 bits per heavy atom. The first-order chi connectivity index (χ1) is 12.7. The molecule has 0 radical (unpaired) electrons. The summed E-state index contributed by atoms with van der Waals surface area (Å²) in [5, 5.41) is 0. The van der Waals surface area contributed by atoms with Crippen LogP contribution in [-0.4, -0.2) is 0 Å². The van der Waals surface area contributed by atoms with Crippen LogP contribution < -0.4 is 0 Å². The van der Waals surface area contributed by atoms with Crippen LogP contribution in [0, 0.1) is 0 Å². The molecule has 0 unspecified atom stereocenters. The molecular weight excluding hydrogens is 1580 g/mol. The van der Waals surface area contributed by atoms with Crippen molar-refractivity contribution in [2.24, 2.45) is 0 Å². The summed E-state index contributed by atoms with van der Waals surface area (Å²) < 4.78 is -5.05. The Morgan fingerprint density at radius 3 is 0.300 bits per heavy atom. The lowest BCUT2D eigenvalue weighted by Crippen LogP contribution is -2.30.